The molecule has 3 aromatic heterocycles. The minimum absolute atomic E-state index is 0. The SMILES string of the molecule is CC1=CC(=O)N(Nc2nc(-c3cccs3)nc3sc(-c4ccc(OCCNC(C)C)cc4)c(C)c23)C1=O.Cl. The average Bonchev–Trinajstić information content (AvgIpc) is 3.58. The Balaban J connectivity index is 0.00000336. The Morgan fingerprint density at radius 1 is 1.08 bits per heavy atom. The summed E-state index contributed by atoms with van der Waals surface area (Å²) in [6.07, 6.45) is 1.32. The molecule has 1 aliphatic heterocycles. The minimum atomic E-state index is -0.417. The summed E-state index contributed by atoms with van der Waals surface area (Å²) < 4.78 is 5.85. The van der Waals surface area contributed by atoms with Crippen molar-refractivity contribution in [2.75, 3.05) is 18.6 Å². The number of carbonyl (C=O) groups excluding carboxylic acids is 2. The van der Waals surface area contributed by atoms with Crippen LogP contribution in [0.25, 0.3) is 31.4 Å². The molecule has 4 heterocycles. The van der Waals surface area contributed by atoms with Gasteiger partial charge in [-0.15, -0.1) is 35.1 Å². The summed E-state index contributed by atoms with van der Waals surface area (Å²) in [7, 11) is 0. The average molecular weight is 570 g/mol. The number of anilines is 1. The number of hydrogen-bond acceptors (Lipinski definition) is 9. The molecule has 0 spiro atoms. The number of rotatable bonds is 9. The van der Waals surface area contributed by atoms with Crippen LogP contribution in [0.15, 0.2) is 53.4 Å². The van der Waals surface area contributed by atoms with Gasteiger partial charge in [0, 0.05) is 29.1 Å². The number of ether oxygens (including phenoxy) is 1. The molecular formula is C27H28ClN5O3S2. The summed E-state index contributed by atoms with van der Waals surface area (Å²) in [5.41, 5.74) is 5.37. The van der Waals surface area contributed by atoms with Crippen molar-refractivity contribution >= 4 is 62.9 Å². The molecule has 0 atom stereocenters. The van der Waals surface area contributed by atoms with E-state index in [0.717, 1.165) is 48.4 Å². The Bertz CT molecular complexity index is 1500. The van der Waals surface area contributed by atoms with Crippen LogP contribution in [0.1, 0.15) is 26.3 Å². The second-order valence-corrected chi connectivity index (χ2v) is 11.0. The number of aromatic nitrogens is 2. The summed E-state index contributed by atoms with van der Waals surface area (Å²) in [5, 5.41) is 7.09. The van der Waals surface area contributed by atoms with Crippen molar-refractivity contribution in [1.29, 1.82) is 0 Å². The van der Waals surface area contributed by atoms with Crippen LogP contribution in [0.4, 0.5) is 5.82 Å². The molecule has 11 heteroatoms. The van der Waals surface area contributed by atoms with Crippen molar-refractivity contribution in [3.05, 3.63) is 59.0 Å². The normalized spacial score (nSPS) is 13.3. The predicted octanol–water partition coefficient (Wildman–Crippen LogP) is 5.84. The van der Waals surface area contributed by atoms with Gasteiger partial charge >= 0.3 is 0 Å². The zero-order valence-electron chi connectivity index (χ0n) is 21.4. The van der Waals surface area contributed by atoms with E-state index in [1.165, 1.54) is 17.4 Å². The lowest BCUT2D eigenvalue weighted by atomic mass is 10.1. The maximum absolute atomic E-state index is 12.6. The summed E-state index contributed by atoms with van der Waals surface area (Å²) in [6.45, 7) is 9.22. The number of hydrazine groups is 1. The lowest BCUT2D eigenvalue weighted by Gasteiger charge is -2.17. The molecule has 1 aliphatic rings. The lowest BCUT2D eigenvalue weighted by Crippen LogP contribution is -2.36. The Hall–Kier alpha value is -3.31. The summed E-state index contributed by atoms with van der Waals surface area (Å²) in [4.78, 5) is 37.3. The standard InChI is InChI=1S/C27H27N5O3S2.ClH/c1-15(2)28-11-12-35-19-9-7-18(8-10-19)23-17(4)22-25(31-32-21(33)14-16(3)27(32)34)29-24(30-26(22)37-23)20-6-5-13-36-20;/h5-10,13-15,28H,11-12H2,1-4H3,(H,29,30,31);1H. The number of aryl methyl sites for hydroxylation is 1. The molecule has 4 aromatic rings. The van der Waals surface area contributed by atoms with Crippen molar-refractivity contribution in [1.82, 2.24) is 20.3 Å². The third-order valence-corrected chi connectivity index (χ3v) is 7.99. The topological polar surface area (TPSA) is 96.5 Å². The van der Waals surface area contributed by atoms with Gasteiger partial charge < -0.3 is 10.1 Å². The molecular weight excluding hydrogens is 542 g/mol. The fourth-order valence-electron chi connectivity index (χ4n) is 4.03. The van der Waals surface area contributed by atoms with Gasteiger partial charge in [0.05, 0.1) is 10.3 Å². The molecule has 8 nitrogen and oxygen atoms in total. The van der Waals surface area contributed by atoms with Crippen LogP contribution in [0, 0.1) is 6.92 Å². The second-order valence-electron chi connectivity index (χ2n) is 9.01. The van der Waals surface area contributed by atoms with Gasteiger partial charge in [-0.05, 0) is 60.7 Å². The van der Waals surface area contributed by atoms with Crippen LogP contribution >= 0.6 is 35.1 Å². The Morgan fingerprint density at radius 2 is 1.84 bits per heavy atom. The molecule has 0 unspecified atom stereocenters. The number of nitrogens with zero attached hydrogens (tertiary/aromatic N) is 3. The minimum Gasteiger partial charge on any atom is -0.492 e. The highest BCUT2D eigenvalue weighted by molar-refractivity contribution is 7.22. The van der Waals surface area contributed by atoms with Gasteiger partial charge in [0.2, 0.25) is 0 Å². The van der Waals surface area contributed by atoms with E-state index in [0.29, 0.717) is 29.9 Å². The maximum Gasteiger partial charge on any atom is 0.275 e. The molecule has 0 fully saturated rings. The van der Waals surface area contributed by atoms with Crippen LogP contribution in [-0.2, 0) is 9.59 Å². The van der Waals surface area contributed by atoms with Gasteiger partial charge in [0.25, 0.3) is 11.8 Å². The van der Waals surface area contributed by atoms with Gasteiger partial charge in [-0.1, -0.05) is 19.9 Å². The molecule has 198 valence electrons. The fourth-order valence-corrected chi connectivity index (χ4v) is 5.87. The molecule has 1 aromatic carbocycles. The van der Waals surface area contributed by atoms with Gasteiger partial charge in [-0.25, -0.2) is 9.97 Å². The van der Waals surface area contributed by atoms with Gasteiger partial charge in [0.1, 0.15) is 17.2 Å². The van der Waals surface area contributed by atoms with Gasteiger partial charge in [0.15, 0.2) is 11.6 Å². The number of thiophene rings is 2. The summed E-state index contributed by atoms with van der Waals surface area (Å²) >= 11 is 3.09. The van der Waals surface area contributed by atoms with Crippen LogP contribution in [-0.4, -0.2) is 46.0 Å². The first-order valence-corrected chi connectivity index (χ1v) is 13.7. The summed E-state index contributed by atoms with van der Waals surface area (Å²) in [5.74, 6) is 0.973. The molecule has 5 rings (SSSR count). The van der Waals surface area contributed by atoms with E-state index in [4.69, 9.17) is 14.7 Å². The van der Waals surface area contributed by atoms with Crippen molar-refractivity contribution in [3.8, 4) is 26.9 Å². The van der Waals surface area contributed by atoms with Crippen LogP contribution in [0.2, 0.25) is 0 Å². The van der Waals surface area contributed by atoms with E-state index in [1.54, 1.807) is 18.3 Å². The number of nitrogens with one attached hydrogen (secondary N) is 2. The van der Waals surface area contributed by atoms with Crippen molar-refractivity contribution in [2.24, 2.45) is 0 Å². The van der Waals surface area contributed by atoms with Crippen molar-refractivity contribution in [3.63, 3.8) is 0 Å². The van der Waals surface area contributed by atoms with Gasteiger partial charge in [-0.2, -0.15) is 5.01 Å². The highest BCUT2D eigenvalue weighted by atomic mass is 35.5. The Labute approximate surface area is 235 Å². The van der Waals surface area contributed by atoms with E-state index in [9.17, 15) is 9.59 Å². The molecule has 2 N–H and O–H groups in total. The fraction of sp³-hybridized carbons (Fsp3) is 0.259. The number of carbonyl (C=O) groups is 2. The molecule has 0 saturated heterocycles. The largest absolute Gasteiger partial charge is 0.492 e. The van der Waals surface area contributed by atoms with Gasteiger partial charge in [-0.3, -0.25) is 15.0 Å². The third kappa shape index (κ3) is 5.58. The molecule has 0 aliphatic carbocycles. The Kier molecular flexibility index (Phi) is 8.47. The number of hydrogen-bond donors (Lipinski definition) is 2. The number of amides is 2. The highest BCUT2D eigenvalue weighted by Crippen LogP contribution is 2.42. The summed E-state index contributed by atoms with van der Waals surface area (Å²) in [6, 6.07) is 12.3. The first-order valence-electron chi connectivity index (χ1n) is 12.0. The molecule has 38 heavy (non-hydrogen) atoms. The molecule has 2 amide bonds. The first kappa shape index (κ1) is 27.7. The van der Waals surface area contributed by atoms with Crippen LogP contribution in [0.3, 0.4) is 0 Å². The van der Waals surface area contributed by atoms with Crippen molar-refractivity contribution in [2.45, 2.75) is 33.7 Å². The number of halogens is 1. The van der Waals surface area contributed by atoms with E-state index in [-0.39, 0.29) is 18.3 Å². The monoisotopic (exact) mass is 569 g/mol. The maximum atomic E-state index is 12.6. The number of imide groups is 1. The molecule has 0 radical (unpaired) electrons. The van der Waals surface area contributed by atoms with E-state index < -0.39 is 5.91 Å². The molecule has 0 saturated carbocycles. The third-order valence-electron chi connectivity index (χ3n) is 5.89. The first-order chi connectivity index (χ1) is 17.8. The highest BCUT2D eigenvalue weighted by Gasteiger charge is 2.30. The van der Waals surface area contributed by atoms with Crippen LogP contribution in [0.5, 0.6) is 5.75 Å². The van der Waals surface area contributed by atoms with E-state index in [1.807, 2.05) is 48.7 Å². The quantitative estimate of drug-likeness (QED) is 0.193. The van der Waals surface area contributed by atoms with E-state index in [2.05, 4.69) is 24.6 Å². The zero-order chi connectivity index (χ0) is 26.1. The lowest BCUT2D eigenvalue weighted by molar-refractivity contribution is -0.135. The molecule has 0 bridgehead atoms. The van der Waals surface area contributed by atoms with Crippen molar-refractivity contribution < 1.29 is 14.3 Å². The number of fused-ring (bicyclic) bond motifs is 1. The Morgan fingerprint density at radius 3 is 2.47 bits per heavy atom. The van der Waals surface area contributed by atoms with E-state index >= 15 is 0 Å². The second kappa shape index (κ2) is 11.6. The number of benzene rings is 1. The smallest absolute Gasteiger partial charge is 0.275 e. The zero-order valence-corrected chi connectivity index (χ0v) is 23.9. The van der Waals surface area contributed by atoms with Crippen LogP contribution < -0.4 is 15.5 Å². The predicted molar refractivity (Wildman–Crippen MR) is 156 cm³/mol.